The first-order valence-electron chi connectivity index (χ1n) is 6.64. The first kappa shape index (κ1) is 13.1. The van der Waals surface area contributed by atoms with E-state index in [1.54, 1.807) is 6.07 Å². The lowest BCUT2D eigenvalue weighted by Gasteiger charge is -2.25. The normalized spacial score (nSPS) is 18.2. The van der Waals surface area contributed by atoms with Crippen molar-refractivity contribution < 1.29 is 9.90 Å². The van der Waals surface area contributed by atoms with Gasteiger partial charge in [0.2, 0.25) is 0 Å². The molecule has 1 aromatic rings. The molecule has 1 aliphatic heterocycles. The Balaban J connectivity index is 2.15. The highest BCUT2D eigenvalue weighted by atomic mass is 16.4. The number of rotatable bonds is 4. The smallest absolute Gasteiger partial charge is 0.337 e. The summed E-state index contributed by atoms with van der Waals surface area (Å²) in [6.07, 6.45) is 2.57. The van der Waals surface area contributed by atoms with Gasteiger partial charge in [-0.15, -0.1) is 0 Å². The molecule has 1 atom stereocenters. The molecule has 1 unspecified atom stereocenters. The fraction of sp³-hybridized carbons (Fsp3) is 0.643. The maximum atomic E-state index is 11.1. The van der Waals surface area contributed by atoms with Gasteiger partial charge in [-0.25, -0.2) is 4.79 Å². The number of carboxylic acids is 1. The summed E-state index contributed by atoms with van der Waals surface area (Å²) in [6, 6.07) is 2.24. The first-order valence-corrected chi connectivity index (χ1v) is 6.64. The number of aromatic carboxylic acids is 1. The highest BCUT2D eigenvalue weighted by molar-refractivity contribution is 5.89. The van der Waals surface area contributed by atoms with Gasteiger partial charge in [0.1, 0.15) is 0 Å². The Morgan fingerprint density at radius 3 is 2.50 bits per heavy atom. The number of hydrogen-bond donors (Lipinski definition) is 1. The van der Waals surface area contributed by atoms with E-state index in [-0.39, 0.29) is 0 Å². The van der Waals surface area contributed by atoms with Crippen molar-refractivity contribution in [1.82, 2.24) is 9.47 Å². The van der Waals surface area contributed by atoms with Crippen LogP contribution in [0.25, 0.3) is 0 Å². The van der Waals surface area contributed by atoms with Gasteiger partial charge in [-0.2, -0.15) is 0 Å². The minimum Gasteiger partial charge on any atom is -0.478 e. The summed E-state index contributed by atoms with van der Waals surface area (Å²) in [5.74, 6) is -0.830. The molecule has 2 rings (SSSR count). The number of aromatic nitrogens is 1. The Labute approximate surface area is 108 Å². The number of nitrogens with zero attached hydrogens (tertiary/aromatic N) is 2. The summed E-state index contributed by atoms with van der Waals surface area (Å²) in [4.78, 5) is 13.6. The van der Waals surface area contributed by atoms with Gasteiger partial charge in [-0.1, -0.05) is 0 Å². The zero-order valence-corrected chi connectivity index (χ0v) is 11.4. The SMILES string of the molecule is Cc1cc(C(=O)O)c(C)n1CC(C)N1CCCC1. The van der Waals surface area contributed by atoms with E-state index < -0.39 is 5.97 Å². The van der Waals surface area contributed by atoms with Crippen LogP contribution < -0.4 is 0 Å². The first-order chi connectivity index (χ1) is 8.50. The maximum absolute atomic E-state index is 11.1. The van der Waals surface area contributed by atoms with E-state index in [2.05, 4.69) is 16.4 Å². The van der Waals surface area contributed by atoms with Crippen LogP contribution in [0.2, 0.25) is 0 Å². The van der Waals surface area contributed by atoms with Gasteiger partial charge in [0.25, 0.3) is 0 Å². The van der Waals surface area contributed by atoms with Gasteiger partial charge < -0.3 is 9.67 Å². The van der Waals surface area contributed by atoms with E-state index in [1.807, 2.05) is 13.8 Å². The van der Waals surface area contributed by atoms with E-state index in [4.69, 9.17) is 5.11 Å². The van der Waals surface area contributed by atoms with Crippen molar-refractivity contribution >= 4 is 5.97 Å². The van der Waals surface area contributed by atoms with Crippen LogP contribution in [0.1, 0.15) is 41.5 Å². The van der Waals surface area contributed by atoms with Crippen LogP contribution in [-0.2, 0) is 6.54 Å². The molecule has 1 N–H and O–H groups in total. The summed E-state index contributed by atoms with van der Waals surface area (Å²) in [5, 5.41) is 9.13. The van der Waals surface area contributed by atoms with Gasteiger partial charge in [-0.05, 0) is 52.8 Å². The van der Waals surface area contributed by atoms with Gasteiger partial charge >= 0.3 is 5.97 Å². The summed E-state index contributed by atoms with van der Waals surface area (Å²) < 4.78 is 2.13. The van der Waals surface area contributed by atoms with E-state index >= 15 is 0 Å². The Morgan fingerprint density at radius 2 is 2.00 bits per heavy atom. The van der Waals surface area contributed by atoms with Crippen molar-refractivity contribution in [2.45, 2.75) is 46.2 Å². The molecule has 1 fully saturated rings. The van der Waals surface area contributed by atoms with Crippen LogP contribution in [0.4, 0.5) is 0 Å². The van der Waals surface area contributed by atoms with Crippen LogP contribution in [0, 0.1) is 13.8 Å². The molecule has 0 amide bonds. The highest BCUT2D eigenvalue weighted by Gasteiger charge is 2.21. The third-order valence-electron chi connectivity index (χ3n) is 4.01. The lowest BCUT2D eigenvalue weighted by Crippen LogP contribution is -2.34. The molecular formula is C14H22N2O2. The van der Waals surface area contributed by atoms with Crippen molar-refractivity contribution in [3.05, 3.63) is 23.0 Å². The minimum atomic E-state index is -0.830. The van der Waals surface area contributed by atoms with E-state index in [9.17, 15) is 4.79 Å². The van der Waals surface area contributed by atoms with Crippen LogP contribution >= 0.6 is 0 Å². The third-order valence-corrected chi connectivity index (χ3v) is 4.01. The molecule has 18 heavy (non-hydrogen) atoms. The molecule has 1 aromatic heterocycles. The molecule has 100 valence electrons. The molecule has 0 bridgehead atoms. The highest BCUT2D eigenvalue weighted by Crippen LogP contribution is 2.18. The third kappa shape index (κ3) is 2.43. The van der Waals surface area contributed by atoms with Crippen molar-refractivity contribution in [2.75, 3.05) is 13.1 Å². The topological polar surface area (TPSA) is 45.5 Å². The average Bonchev–Trinajstić information content (AvgIpc) is 2.92. The van der Waals surface area contributed by atoms with Gasteiger partial charge in [0.15, 0.2) is 0 Å². The van der Waals surface area contributed by atoms with E-state index in [0.717, 1.165) is 17.9 Å². The molecular weight excluding hydrogens is 228 g/mol. The molecule has 4 nitrogen and oxygen atoms in total. The van der Waals surface area contributed by atoms with E-state index in [0.29, 0.717) is 11.6 Å². The number of carbonyl (C=O) groups is 1. The lowest BCUT2D eigenvalue weighted by atomic mass is 10.2. The molecule has 0 aliphatic carbocycles. The van der Waals surface area contributed by atoms with Crippen LogP contribution in [0.3, 0.4) is 0 Å². The van der Waals surface area contributed by atoms with Crippen LogP contribution in [0.5, 0.6) is 0 Å². The minimum absolute atomic E-state index is 0.432. The lowest BCUT2D eigenvalue weighted by molar-refractivity contribution is 0.0696. The van der Waals surface area contributed by atoms with Crippen LogP contribution in [0.15, 0.2) is 6.07 Å². The van der Waals surface area contributed by atoms with Crippen molar-refractivity contribution in [3.8, 4) is 0 Å². The summed E-state index contributed by atoms with van der Waals surface area (Å²) >= 11 is 0. The van der Waals surface area contributed by atoms with Gasteiger partial charge in [0.05, 0.1) is 5.56 Å². The monoisotopic (exact) mass is 250 g/mol. The molecule has 4 heteroatoms. The quantitative estimate of drug-likeness (QED) is 0.891. The van der Waals surface area contributed by atoms with Crippen LogP contribution in [-0.4, -0.2) is 39.7 Å². The second kappa shape index (κ2) is 5.14. The molecule has 0 saturated carbocycles. The summed E-state index contributed by atoms with van der Waals surface area (Å²) in [6.45, 7) is 9.33. The molecule has 1 saturated heterocycles. The number of likely N-dealkylation sites (tertiary alicyclic amines) is 1. The summed E-state index contributed by atoms with van der Waals surface area (Å²) in [5.41, 5.74) is 2.34. The molecule has 0 aromatic carbocycles. The second-order valence-electron chi connectivity index (χ2n) is 5.29. The molecule has 1 aliphatic rings. The number of aryl methyl sites for hydroxylation is 1. The second-order valence-corrected chi connectivity index (χ2v) is 5.29. The van der Waals surface area contributed by atoms with Crippen molar-refractivity contribution in [1.29, 1.82) is 0 Å². The zero-order chi connectivity index (χ0) is 13.3. The van der Waals surface area contributed by atoms with E-state index in [1.165, 1.54) is 25.9 Å². The summed E-state index contributed by atoms with van der Waals surface area (Å²) in [7, 11) is 0. The standard InChI is InChI=1S/C14H22N2O2/c1-10-8-13(14(17)18)12(3)16(10)9-11(2)15-6-4-5-7-15/h8,11H,4-7,9H2,1-3H3,(H,17,18). The predicted molar refractivity (Wildman–Crippen MR) is 71.1 cm³/mol. The number of carboxylic acid groups (broad SMARTS) is 1. The average molecular weight is 250 g/mol. The molecule has 0 radical (unpaired) electrons. The Bertz CT molecular complexity index is 445. The molecule has 2 heterocycles. The fourth-order valence-corrected chi connectivity index (χ4v) is 2.86. The maximum Gasteiger partial charge on any atom is 0.337 e. The Kier molecular flexibility index (Phi) is 3.76. The zero-order valence-electron chi connectivity index (χ0n) is 11.4. The van der Waals surface area contributed by atoms with Crippen molar-refractivity contribution in [2.24, 2.45) is 0 Å². The predicted octanol–water partition coefficient (Wildman–Crippen LogP) is 2.29. The Hall–Kier alpha value is -1.29. The molecule has 0 spiro atoms. The Morgan fingerprint density at radius 1 is 1.39 bits per heavy atom. The van der Waals surface area contributed by atoms with Gasteiger partial charge in [0, 0.05) is 24.0 Å². The fourth-order valence-electron chi connectivity index (χ4n) is 2.86. The number of hydrogen-bond acceptors (Lipinski definition) is 2. The largest absolute Gasteiger partial charge is 0.478 e. The van der Waals surface area contributed by atoms with Crippen molar-refractivity contribution in [3.63, 3.8) is 0 Å². The van der Waals surface area contributed by atoms with Gasteiger partial charge in [-0.3, -0.25) is 4.90 Å².